The first-order valence-corrected chi connectivity index (χ1v) is 22.2. The summed E-state index contributed by atoms with van der Waals surface area (Å²) in [6, 6.07) is 5.40. The van der Waals surface area contributed by atoms with Crippen LogP contribution in [0.4, 0.5) is 5.69 Å². The predicted octanol–water partition coefficient (Wildman–Crippen LogP) is 7.01. The first-order chi connectivity index (χ1) is 27.9. The number of aromatic nitrogens is 1. The molecule has 0 saturated carbocycles. The highest BCUT2D eigenvalue weighted by molar-refractivity contribution is 7.09. The summed E-state index contributed by atoms with van der Waals surface area (Å²) in [6.07, 6.45) is 5.68. The van der Waals surface area contributed by atoms with Gasteiger partial charge in [0.25, 0.3) is 11.8 Å². The van der Waals surface area contributed by atoms with Crippen molar-refractivity contribution in [2.75, 3.05) is 32.6 Å². The molecule has 1 aromatic carbocycles. The first kappa shape index (κ1) is 49.3. The number of esters is 1. The van der Waals surface area contributed by atoms with Crippen molar-refractivity contribution in [3.8, 4) is 0 Å². The Kier molecular flexibility index (Phi) is 19.7. The highest BCUT2D eigenvalue weighted by Crippen LogP contribution is 2.32. The number of benzene rings is 1. The van der Waals surface area contributed by atoms with Crippen molar-refractivity contribution in [2.45, 2.75) is 150 Å². The summed E-state index contributed by atoms with van der Waals surface area (Å²) in [5.74, 6) is -2.93. The maximum absolute atomic E-state index is 14.8. The summed E-state index contributed by atoms with van der Waals surface area (Å²) >= 11 is 1.16. The van der Waals surface area contributed by atoms with Gasteiger partial charge in [0.15, 0.2) is 6.10 Å². The van der Waals surface area contributed by atoms with E-state index in [0.717, 1.165) is 67.7 Å². The zero-order valence-corrected chi connectivity index (χ0v) is 37.8. The van der Waals surface area contributed by atoms with Crippen LogP contribution in [0.25, 0.3) is 0 Å². The van der Waals surface area contributed by atoms with Crippen molar-refractivity contribution in [1.82, 2.24) is 25.6 Å². The predicted molar refractivity (Wildman–Crippen MR) is 231 cm³/mol. The van der Waals surface area contributed by atoms with Gasteiger partial charge in [-0.05, 0) is 89.1 Å². The van der Waals surface area contributed by atoms with Gasteiger partial charge in [0, 0.05) is 37.5 Å². The maximum Gasteiger partial charge on any atom is 0.309 e. The van der Waals surface area contributed by atoms with E-state index in [-0.39, 0.29) is 54.8 Å². The summed E-state index contributed by atoms with van der Waals surface area (Å²) in [5.41, 5.74) is 0.838. The lowest BCUT2D eigenvalue weighted by molar-refractivity contribution is -0.213. The number of likely N-dealkylation sites (tertiary alicyclic amines) is 1. The van der Waals surface area contributed by atoms with Crippen molar-refractivity contribution in [3.05, 3.63) is 45.9 Å². The van der Waals surface area contributed by atoms with E-state index in [1.807, 2.05) is 71.0 Å². The number of carboxylic acids is 1. The van der Waals surface area contributed by atoms with Gasteiger partial charge in [-0.25, -0.2) is 10.0 Å². The zero-order chi connectivity index (χ0) is 43.9. The molecule has 15 heteroatoms. The van der Waals surface area contributed by atoms with Crippen LogP contribution in [0, 0.1) is 17.3 Å². The summed E-state index contributed by atoms with van der Waals surface area (Å²) in [4.78, 5) is 80.0. The molecule has 0 radical (unpaired) electrons. The SMILES string of the molecule is CCCCCON(C(=O)[C@@H](NC(=O)[C@H]1CCCCN1C)[C@@H](C)CC)[C@H](C[C@@H](OC(C)=O)c1nc(C(=O)N[C@@H](Cc2ccc(NC)cc2)CC(C)(C)C(=O)O)cs1)C(C)C. The Morgan fingerprint density at radius 2 is 1.75 bits per heavy atom. The molecule has 0 aliphatic carbocycles. The van der Waals surface area contributed by atoms with Crippen LogP contribution >= 0.6 is 11.3 Å². The van der Waals surface area contributed by atoms with Gasteiger partial charge in [0.05, 0.1) is 24.1 Å². The maximum atomic E-state index is 14.8. The van der Waals surface area contributed by atoms with Crippen molar-refractivity contribution in [1.29, 1.82) is 0 Å². The minimum atomic E-state index is -1.12. The third-order valence-corrected chi connectivity index (χ3v) is 12.2. The van der Waals surface area contributed by atoms with E-state index in [1.54, 1.807) is 19.2 Å². The number of carbonyl (C=O) groups is 5. The van der Waals surface area contributed by atoms with Crippen LogP contribution in [0.1, 0.15) is 140 Å². The number of amides is 3. The zero-order valence-electron chi connectivity index (χ0n) is 37.0. The van der Waals surface area contributed by atoms with Crippen molar-refractivity contribution in [2.24, 2.45) is 17.3 Å². The molecule has 59 heavy (non-hydrogen) atoms. The molecule has 1 aliphatic rings. The molecule has 330 valence electrons. The minimum absolute atomic E-state index is 0.0999. The molecule has 0 unspecified atom stereocenters. The van der Waals surface area contributed by atoms with Crippen LogP contribution in [0.2, 0.25) is 0 Å². The van der Waals surface area contributed by atoms with Crippen LogP contribution in [-0.2, 0) is 35.2 Å². The molecule has 6 atom stereocenters. The Balaban J connectivity index is 1.94. The molecule has 4 N–H and O–H groups in total. The lowest BCUT2D eigenvalue weighted by atomic mass is 9.84. The average molecular weight is 843 g/mol. The van der Waals surface area contributed by atoms with Crippen LogP contribution < -0.4 is 16.0 Å². The Morgan fingerprint density at radius 1 is 1.05 bits per heavy atom. The van der Waals surface area contributed by atoms with Gasteiger partial charge in [-0.15, -0.1) is 11.3 Å². The van der Waals surface area contributed by atoms with Gasteiger partial charge in [0.1, 0.15) is 16.7 Å². The largest absolute Gasteiger partial charge is 0.481 e. The number of anilines is 1. The van der Waals surface area contributed by atoms with Crippen LogP contribution in [0.5, 0.6) is 0 Å². The third-order valence-electron chi connectivity index (χ3n) is 11.3. The number of likely N-dealkylation sites (N-methyl/N-ethyl adjacent to an activating group) is 1. The highest BCUT2D eigenvalue weighted by atomic mass is 32.1. The van der Waals surface area contributed by atoms with Gasteiger partial charge in [0.2, 0.25) is 5.91 Å². The molecule has 1 aromatic heterocycles. The summed E-state index contributed by atoms with van der Waals surface area (Å²) < 4.78 is 5.88. The molecule has 3 amide bonds. The van der Waals surface area contributed by atoms with Gasteiger partial charge < -0.3 is 25.8 Å². The van der Waals surface area contributed by atoms with E-state index in [0.29, 0.717) is 17.8 Å². The molecule has 0 bridgehead atoms. The normalized spacial score (nSPS) is 17.3. The van der Waals surface area contributed by atoms with Crippen LogP contribution in [-0.4, -0.2) is 101 Å². The van der Waals surface area contributed by atoms with E-state index in [2.05, 4.69) is 27.9 Å². The highest BCUT2D eigenvalue weighted by Gasteiger charge is 2.40. The van der Waals surface area contributed by atoms with E-state index >= 15 is 0 Å². The minimum Gasteiger partial charge on any atom is -0.481 e. The Labute approximate surface area is 355 Å². The molecule has 2 aromatic rings. The second-order valence-corrected chi connectivity index (χ2v) is 17.9. The number of carbonyl (C=O) groups excluding carboxylic acids is 4. The van der Waals surface area contributed by atoms with Gasteiger partial charge in [-0.1, -0.05) is 72.4 Å². The van der Waals surface area contributed by atoms with E-state index in [9.17, 15) is 29.1 Å². The Hall–Kier alpha value is -4.08. The fourth-order valence-electron chi connectivity index (χ4n) is 7.34. The van der Waals surface area contributed by atoms with Crippen molar-refractivity contribution < 1.29 is 38.7 Å². The Morgan fingerprint density at radius 3 is 2.32 bits per heavy atom. The van der Waals surface area contributed by atoms with E-state index in [4.69, 9.17) is 9.57 Å². The number of hydrogen-bond donors (Lipinski definition) is 4. The molecule has 1 fully saturated rings. The lowest BCUT2D eigenvalue weighted by Crippen LogP contribution is -2.58. The number of aliphatic carboxylic acids is 1. The summed E-state index contributed by atoms with van der Waals surface area (Å²) in [6.45, 7) is 15.6. The van der Waals surface area contributed by atoms with Crippen molar-refractivity contribution >= 4 is 46.7 Å². The molecule has 2 heterocycles. The average Bonchev–Trinajstić information content (AvgIpc) is 3.69. The Bertz CT molecular complexity index is 1670. The number of hydroxylamine groups is 2. The third kappa shape index (κ3) is 14.9. The van der Waals surface area contributed by atoms with Crippen LogP contribution in [0.15, 0.2) is 29.6 Å². The smallest absolute Gasteiger partial charge is 0.309 e. The quantitative estimate of drug-likeness (QED) is 0.0485. The van der Waals surface area contributed by atoms with Gasteiger partial charge in [-0.2, -0.15) is 0 Å². The number of carboxylic acid groups (broad SMARTS) is 1. The van der Waals surface area contributed by atoms with Crippen LogP contribution in [0.3, 0.4) is 0 Å². The second kappa shape index (κ2) is 23.6. The van der Waals surface area contributed by atoms with Gasteiger partial charge >= 0.3 is 11.9 Å². The number of unbranched alkanes of at least 4 members (excludes halogenated alkanes) is 2. The fraction of sp³-hybridized carbons (Fsp3) is 0.682. The number of nitrogens with zero attached hydrogens (tertiary/aromatic N) is 3. The number of ether oxygens (including phenoxy) is 1. The number of hydrogen-bond acceptors (Lipinski definition) is 11. The summed E-state index contributed by atoms with van der Waals surface area (Å²) in [5, 5.41) is 22.5. The van der Waals surface area contributed by atoms with Gasteiger partial charge in [-0.3, -0.25) is 33.7 Å². The topological polar surface area (TPSA) is 180 Å². The summed E-state index contributed by atoms with van der Waals surface area (Å²) in [7, 11) is 3.76. The molecule has 1 saturated heterocycles. The fourth-order valence-corrected chi connectivity index (χ4v) is 8.18. The van der Waals surface area contributed by atoms with E-state index < -0.39 is 47.5 Å². The molecule has 1 aliphatic heterocycles. The number of thiazole rings is 1. The number of piperidine rings is 1. The number of nitrogens with one attached hydrogen (secondary N) is 3. The first-order valence-electron chi connectivity index (χ1n) is 21.3. The van der Waals surface area contributed by atoms with Crippen molar-refractivity contribution in [3.63, 3.8) is 0 Å². The van der Waals surface area contributed by atoms with E-state index in [1.165, 1.54) is 12.0 Å². The molecular formula is C44H70N6O8S. The lowest BCUT2D eigenvalue weighted by Gasteiger charge is -2.39. The molecular weight excluding hydrogens is 773 g/mol. The molecule has 0 spiro atoms. The monoisotopic (exact) mass is 842 g/mol. The standard InChI is InChI=1S/C44H70N6O8S/c1-11-13-16-23-57-50(42(54)38(29(5)12-2)48-40(53)35-17-14-15-22-49(35)10)36(28(3)4)25-37(58-30(6)51)41-47-34(27-59-41)39(52)46-33(26-44(7,8)43(55)56)24-31-18-20-32(45-9)21-19-31/h18-21,27-29,33,35-38,45H,11-17,22-26H2,1-10H3,(H,46,52)(H,48,53)(H,55,56)/t29-,33-,35+,36+,37+,38-/m0/s1. The molecule has 3 rings (SSSR count). The number of rotatable bonds is 24. The molecule has 14 nitrogen and oxygen atoms in total. The second-order valence-electron chi connectivity index (χ2n) is 17.0.